The highest BCUT2D eigenvalue weighted by Gasteiger charge is 2.28. The molecule has 2 aromatic rings. The Morgan fingerprint density at radius 3 is 2.43 bits per heavy atom. The Labute approximate surface area is 167 Å². The fraction of sp³-hybridized carbons (Fsp3) is 0.667. The number of hydrogen-bond acceptors (Lipinski definition) is 6. The summed E-state index contributed by atoms with van der Waals surface area (Å²) in [5, 5.41) is 0. The standard InChI is InChI=1S/C21H31N7/c22-21-24-18(26-9-1-2-10-26)13-19(25-21)27-11-4-7-17(15-27)20-23-8-12-28(20)14-16-5-3-6-16/h8,12-13,16-17H,1-7,9-11,14-15H2,(H2,22,24,25)/t17-/m0/s1. The van der Waals surface area contributed by atoms with Crippen LogP contribution in [0.3, 0.4) is 0 Å². The van der Waals surface area contributed by atoms with Crippen molar-refractivity contribution in [3.8, 4) is 0 Å². The topological polar surface area (TPSA) is 76.1 Å². The van der Waals surface area contributed by atoms with Crippen molar-refractivity contribution in [2.24, 2.45) is 5.92 Å². The lowest BCUT2D eigenvalue weighted by molar-refractivity contribution is 0.270. The minimum atomic E-state index is 0.382. The van der Waals surface area contributed by atoms with E-state index in [9.17, 15) is 0 Å². The predicted octanol–water partition coefficient (Wildman–Crippen LogP) is 3.04. The molecule has 1 saturated carbocycles. The Bertz CT molecular complexity index is 807. The summed E-state index contributed by atoms with van der Waals surface area (Å²) in [4.78, 5) is 18.5. The number of aromatic nitrogens is 4. The van der Waals surface area contributed by atoms with Crippen LogP contribution in [0.4, 0.5) is 17.6 Å². The van der Waals surface area contributed by atoms with Crippen molar-refractivity contribution >= 4 is 17.6 Å². The molecule has 28 heavy (non-hydrogen) atoms. The monoisotopic (exact) mass is 381 g/mol. The first-order chi connectivity index (χ1) is 13.8. The molecular weight excluding hydrogens is 350 g/mol. The molecule has 150 valence electrons. The van der Waals surface area contributed by atoms with Gasteiger partial charge < -0.3 is 20.1 Å². The van der Waals surface area contributed by atoms with E-state index in [0.717, 1.165) is 56.7 Å². The normalized spacial score (nSPS) is 23.2. The van der Waals surface area contributed by atoms with Crippen molar-refractivity contribution in [2.75, 3.05) is 41.7 Å². The van der Waals surface area contributed by atoms with Gasteiger partial charge in [0.15, 0.2) is 0 Å². The summed E-state index contributed by atoms with van der Waals surface area (Å²) in [6.07, 6.45) is 13.1. The third-order valence-corrected chi connectivity index (χ3v) is 6.68. The van der Waals surface area contributed by atoms with E-state index in [1.165, 1.54) is 44.3 Å². The molecular formula is C21H31N7. The van der Waals surface area contributed by atoms with Crippen LogP contribution in [0, 0.1) is 5.92 Å². The predicted molar refractivity (Wildman–Crippen MR) is 112 cm³/mol. The number of anilines is 3. The molecule has 0 spiro atoms. The van der Waals surface area contributed by atoms with Crippen molar-refractivity contribution in [1.82, 2.24) is 19.5 Å². The molecule has 0 unspecified atom stereocenters. The maximum atomic E-state index is 6.07. The second-order valence-corrected chi connectivity index (χ2v) is 8.66. The van der Waals surface area contributed by atoms with E-state index < -0.39 is 0 Å². The first kappa shape index (κ1) is 17.8. The summed E-state index contributed by atoms with van der Waals surface area (Å²) in [5.41, 5.74) is 6.07. The number of nitrogens with zero attached hydrogens (tertiary/aromatic N) is 6. The van der Waals surface area contributed by atoms with E-state index in [-0.39, 0.29) is 0 Å². The van der Waals surface area contributed by atoms with Gasteiger partial charge in [0.1, 0.15) is 17.5 Å². The Balaban J connectivity index is 1.34. The van der Waals surface area contributed by atoms with Crippen LogP contribution < -0.4 is 15.5 Å². The van der Waals surface area contributed by atoms with Gasteiger partial charge in [0.25, 0.3) is 0 Å². The molecule has 7 nitrogen and oxygen atoms in total. The van der Waals surface area contributed by atoms with Gasteiger partial charge in [-0.1, -0.05) is 6.42 Å². The van der Waals surface area contributed by atoms with E-state index in [4.69, 9.17) is 10.7 Å². The highest BCUT2D eigenvalue weighted by molar-refractivity contribution is 5.54. The minimum absolute atomic E-state index is 0.382. The van der Waals surface area contributed by atoms with Crippen LogP contribution in [0.2, 0.25) is 0 Å². The number of nitrogen functional groups attached to an aromatic ring is 1. The summed E-state index contributed by atoms with van der Waals surface area (Å²) in [6.45, 7) is 5.24. The van der Waals surface area contributed by atoms with Crippen LogP contribution in [-0.2, 0) is 6.54 Å². The minimum Gasteiger partial charge on any atom is -0.368 e. The lowest BCUT2D eigenvalue weighted by atomic mass is 9.85. The van der Waals surface area contributed by atoms with Crippen LogP contribution in [0.25, 0.3) is 0 Å². The van der Waals surface area contributed by atoms with E-state index in [1.54, 1.807) is 0 Å². The zero-order valence-corrected chi connectivity index (χ0v) is 16.6. The van der Waals surface area contributed by atoms with Crippen LogP contribution in [0.15, 0.2) is 18.5 Å². The highest BCUT2D eigenvalue weighted by atomic mass is 15.3. The molecule has 0 amide bonds. The first-order valence-corrected chi connectivity index (χ1v) is 10.9. The average Bonchev–Trinajstić information content (AvgIpc) is 3.36. The molecule has 1 aliphatic carbocycles. The first-order valence-electron chi connectivity index (χ1n) is 10.9. The number of imidazole rings is 1. The number of piperidine rings is 1. The Morgan fingerprint density at radius 1 is 0.929 bits per heavy atom. The van der Waals surface area contributed by atoms with Gasteiger partial charge in [0, 0.05) is 57.1 Å². The summed E-state index contributed by atoms with van der Waals surface area (Å²) >= 11 is 0. The molecule has 4 heterocycles. The highest BCUT2D eigenvalue weighted by Crippen LogP contribution is 2.33. The maximum Gasteiger partial charge on any atom is 0.223 e. The Hall–Kier alpha value is -2.31. The maximum absolute atomic E-state index is 6.07. The number of rotatable bonds is 5. The molecule has 2 saturated heterocycles. The van der Waals surface area contributed by atoms with Crippen LogP contribution in [0.5, 0.6) is 0 Å². The molecule has 0 radical (unpaired) electrons. The second kappa shape index (κ2) is 7.60. The quantitative estimate of drug-likeness (QED) is 0.858. The van der Waals surface area contributed by atoms with E-state index in [0.29, 0.717) is 11.9 Å². The van der Waals surface area contributed by atoms with Crippen LogP contribution >= 0.6 is 0 Å². The zero-order chi connectivity index (χ0) is 18.9. The summed E-state index contributed by atoms with van der Waals surface area (Å²) in [7, 11) is 0. The Morgan fingerprint density at radius 2 is 1.68 bits per heavy atom. The summed E-state index contributed by atoms with van der Waals surface area (Å²) in [5.74, 6) is 4.88. The van der Waals surface area contributed by atoms with Gasteiger partial charge in [-0.15, -0.1) is 0 Å². The molecule has 1 atom stereocenters. The second-order valence-electron chi connectivity index (χ2n) is 8.66. The van der Waals surface area contributed by atoms with Gasteiger partial charge >= 0.3 is 0 Å². The van der Waals surface area contributed by atoms with Gasteiger partial charge in [0.2, 0.25) is 5.95 Å². The molecule has 0 aromatic carbocycles. The molecule has 2 aliphatic heterocycles. The lowest BCUT2D eigenvalue weighted by Crippen LogP contribution is -2.36. The summed E-state index contributed by atoms with van der Waals surface area (Å²) < 4.78 is 2.40. The van der Waals surface area contributed by atoms with Crippen molar-refractivity contribution in [3.63, 3.8) is 0 Å². The molecule has 2 N–H and O–H groups in total. The van der Waals surface area contributed by atoms with Crippen LogP contribution in [0.1, 0.15) is 56.7 Å². The van der Waals surface area contributed by atoms with Gasteiger partial charge in [-0.25, -0.2) is 4.98 Å². The smallest absolute Gasteiger partial charge is 0.223 e. The third-order valence-electron chi connectivity index (χ3n) is 6.68. The summed E-state index contributed by atoms with van der Waals surface area (Å²) in [6, 6.07) is 2.13. The number of nitrogens with two attached hydrogens (primary N) is 1. The SMILES string of the molecule is Nc1nc(N2CCCC2)cc(N2CCC[C@H](c3nccn3CC3CCC3)C2)n1. The number of hydrogen-bond donors (Lipinski definition) is 1. The fourth-order valence-corrected chi connectivity index (χ4v) is 4.89. The van der Waals surface area contributed by atoms with Crippen molar-refractivity contribution in [2.45, 2.75) is 57.4 Å². The molecule has 3 fully saturated rings. The molecule has 0 bridgehead atoms. The molecule has 3 aliphatic rings. The van der Waals surface area contributed by atoms with Gasteiger partial charge in [-0.3, -0.25) is 0 Å². The van der Waals surface area contributed by atoms with E-state index in [1.807, 2.05) is 6.20 Å². The largest absolute Gasteiger partial charge is 0.368 e. The van der Waals surface area contributed by atoms with Gasteiger partial charge in [0.05, 0.1) is 0 Å². The van der Waals surface area contributed by atoms with E-state index in [2.05, 4.69) is 36.6 Å². The lowest BCUT2D eigenvalue weighted by Gasteiger charge is -2.34. The Kier molecular flexibility index (Phi) is 4.82. The van der Waals surface area contributed by atoms with Crippen LogP contribution in [-0.4, -0.2) is 45.7 Å². The molecule has 2 aromatic heterocycles. The van der Waals surface area contributed by atoms with Crippen molar-refractivity contribution in [1.29, 1.82) is 0 Å². The third kappa shape index (κ3) is 3.54. The molecule has 5 rings (SSSR count). The van der Waals surface area contributed by atoms with E-state index >= 15 is 0 Å². The zero-order valence-electron chi connectivity index (χ0n) is 16.6. The van der Waals surface area contributed by atoms with Gasteiger partial charge in [-0.05, 0) is 44.4 Å². The molecule has 7 heteroatoms. The average molecular weight is 382 g/mol. The van der Waals surface area contributed by atoms with Crippen molar-refractivity contribution < 1.29 is 0 Å². The van der Waals surface area contributed by atoms with Gasteiger partial charge in [-0.2, -0.15) is 9.97 Å². The van der Waals surface area contributed by atoms with Crippen molar-refractivity contribution in [3.05, 3.63) is 24.3 Å². The fourth-order valence-electron chi connectivity index (χ4n) is 4.89.